The number of nitriles is 1. The number of hydrogen-bond acceptors (Lipinski definition) is 6. The number of rotatable bonds is 2. The lowest BCUT2D eigenvalue weighted by atomic mass is 9.77. The summed E-state index contributed by atoms with van der Waals surface area (Å²) >= 11 is 1.41. The van der Waals surface area contributed by atoms with Crippen LogP contribution in [-0.4, -0.2) is 19.3 Å². The van der Waals surface area contributed by atoms with Crippen molar-refractivity contribution in [3.05, 3.63) is 69.4 Å². The van der Waals surface area contributed by atoms with Crippen molar-refractivity contribution in [2.75, 3.05) is 18.3 Å². The first-order valence-electron chi connectivity index (χ1n) is 9.18. The molecule has 0 bridgehead atoms. The second-order valence-electron chi connectivity index (χ2n) is 7.18. The molecule has 4 heterocycles. The largest absolute Gasteiger partial charge is 0.491 e. The molecule has 7 heteroatoms. The van der Waals surface area contributed by atoms with Crippen LogP contribution >= 0.6 is 11.3 Å². The third-order valence-electron chi connectivity index (χ3n) is 5.73. The molecule has 2 aromatic carbocycles. The van der Waals surface area contributed by atoms with Crippen molar-refractivity contribution >= 4 is 22.9 Å². The quantitative estimate of drug-likeness (QED) is 0.655. The topological polar surface area (TPSA) is 71.8 Å². The Morgan fingerprint density at radius 2 is 1.86 bits per heavy atom. The lowest BCUT2D eigenvalue weighted by Crippen LogP contribution is -2.42. The van der Waals surface area contributed by atoms with Crippen LogP contribution in [0.15, 0.2) is 48.5 Å². The van der Waals surface area contributed by atoms with E-state index < -0.39 is 5.41 Å². The minimum absolute atomic E-state index is 0.0248. The Morgan fingerprint density at radius 3 is 2.69 bits per heavy atom. The summed E-state index contributed by atoms with van der Waals surface area (Å²) in [5.74, 6) is 1.90. The van der Waals surface area contributed by atoms with Gasteiger partial charge in [-0.15, -0.1) is 11.3 Å². The van der Waals surface area contributed by atoms with Crippen LogP contribution < -0.4 is 19.1 Å². The van der Waals surface area contributed by atoms with Gasteiger partial charge < -0.3 is 19.1 Å². The Morgan fingerprint density at radius 1 is 1.03 bits per heavy atom. The molecule has 1 aromatic heterocycles. The average Bonchev–Trinajstić information content (AvgIpc) is 3.51. The molecule has 0 fully saturated rings. The van der Waals surface area contributed by atoms with E-state index in [1.807, 2.05) is 42.5 Å². The summed E-state index contributed by atoms with van der Waals surface area (Å²) in [6, 6.07) is 17.4. The molecule has 0 saturated carbocycles. The molecule has 142 valence electrons. The maximum absolute atomic E-state index is 13.8. The molecular weight excluding hydrogens is 388 g/mol. The molecule has 0 aliphatic carbocycles. The predicted octanol–water partition coefficient (Wildman–Crippen LogP) is 3.57. The highest BCUT2D eigenvalue weighted by molar-refractivity contribution is 7.12. The summed E-state index contributed by atoms with van der Waals surface area (Å²) in [4.78, 5) is 17.2. The van der Waals surface area contributed by atoms with E-state index >= 15 is 0 Å². The SMILES string of the molecule is N#Cc1ccc(CN2C(=O)C3(COc4cc5c(cc43)OCO5)c3ccccc32)s1. The van der Waals surface area contributed by atoms with Crippen LogP contribution in [0, 0.1) is 11.3 Å². The lowest BCUT2D eigenvalue weighted by Gasteiger charge is -2.23. The monoisotopic (exact) mass is 402 g/mol. The van der Waals surface area contributed by atoms with E-state index in [1.54, 1.807) is 11.0 Å². The number of hydrogen-bond donors (Lipinski definition) is 0. The Hall–Kier alpha value is -3.50. The number of amides is 1. The Labute approximate surface area is 170 Å². The molecule has 1 unspecified atom stereocenters. The smallest absolute Gasteiger partial charge is 0.246 e. The van der Waals surface area contributed by atoms with Crippen LogP contribution in [-0.2, 0) is 16.8 Å². The molecule has 3 aliphatic rings. The van der Waals surface area contributed by atoms with Crippen LogP contribution in [0.2, 0.25) is 0 Å². The molecule has 29 heavy (non-hydrogen) atoms. The minimum Gasteiger partial charge on any atom is -0.491 e. The van der Waals surface area contributed by atoms with E-state index in [9.17, 15) is 4.79 Å². The normalized spacial score (nSPS) is 20.5. The van der Waals surface area contributed by atoms with Crippen molar-refractivity contribution in [2.45, 2.75) is 12.0 Å². The summed E-state index contributed by atoms with van der Waals surface area (Å²) in [7, 11) is 0. The summed E-state index contributed by atoms with van der Waals surface area (Å²) in [5, 5.41) is 9.12. The van der Waals surface area contributed by atoms with Gasteiger partial charge in [-0.3, -0.25) is 4.79 Å². The number of carbonyl (C=O) groups is 1. The molecule has 6 nitrogen and oxygen atoms in total. The van der Waals surface area contributed by atoms with Gasteiger partial charge in [-0.05, 0) is 29.8 Å². The van der Waals surface area contributed by atoms with Gasteiger partial charge in [0.2, 0.25) is 12.7 Å². The van der Waals surface area contributed by atoms with E-state index in [0.29, 0.717) is 28.7 Å². The predicted molar refractivity (Wildman–Crippen MR) is 106 cm³/mol. The minimum atomic E-state index is -0.901. The first-order valence-corrected chi connectivity index (χ1v) is 9.99. The van der Waals surface area contributed by atoms with Gasteiger partial charge in [0, 0.05) is 22.2 Å². The fourth-order valence-electron chi connectivity index (χ4n) is 4.40. The zero-order valence-corrected chi connectivity index (χ0v) is 16.0. The number of fused-ring (bicyclic) bond motifs is 5. The molecule has 0 saturated heterocycles. The van der Waals surface area contributed by atoms with Gasteiger partial charge in [0.25, 0.3) is 0 Å². The van der Waals surface area contributed by atoms with E-state index in [4.69, 9.17) is 19.5 Å². The number of para-hydroxylation sites is 1. The van der Waals surface area contributed by atoms with Gasteiger partial charge in [-0.25, -0.2) is 0 Å². The van der Waals surface area contributed by atoms with Gasteiger partial charge in [0.05, 0.1) is 6.54 Å². The molecule has 3 aliphatic heterocycles. The summed E-state index contributed by atoms with van der Waals surface area (Å²) in [6.45, 7) is 0.830. The average molecular weight is 402 g/mol. The molecule has 3 aromatic rings. The molecule has 0 radical (unpaired) electrons. The highest BCUT2D eigenvalue weighted by Crippen LogP contribution is 2.55. The Bertz CT molecular complexity index is 1230. The molecule has 1 amide bonds. The molecule has 6 rings (SSSR count). The molecule has 1 spiro atoms. The van der Waals surface area contributed by atoms with Crippen molar-refractivity contribution in [2.24, 2.45) is 0 Å². The third kappa shape index (κ3) is 2.12. The van der Waals surface area contributed by atoms with Crippen LogP contribution in [0.5, 0.6) is 17.2 Å². The van der Waals surface area contributed by atoms with Crippen LogP contribution in [0.4, 0.5) is 5.69 Å². The first kappa shape index (κ1) is 16.5. The number of benzene rings is 2. The number of nitrogens with zero attached hydrogens (tertiary/aromatic N) is 2. The number of ether oxygens (including phenoxy) is 3. The number of carbonyl (C=O) groups excluding carboxylic acids is 1. The summed E-state index contributed by atoms with van der Waals surface area (Å²) < 4.78 is 17.0. The summed E-state index contributed by atoms with van der Waals surface area (Å²) in [5.41, 5.74) is 1.71. The lowest BCUT2D eigenvalue weighted by molar-refractivity contribution is -0.122. The number of anilines is 1. The molecule has 1 atom stereocenters. The van der Waals surface area contributed by atoms with Crippen molar-refractivity contribution < 1.29 is 19.0 Å². The number of thiophene rings is 1. The van der Waals surface area contributed by atoms with Crippen LogP contribution in [0.3, 0.4) is 0 Å². The van der Waals surface area contributed by atoms with Gasteiger partial charge in [0.15, 0.2) is 11.5 Å². The third-order valence-corrected chi connectivity index (χ3v) is 6.70. The van der Waals surface area contributed by atoms with Crippen molar-refractivity contribution in [1.29, 1.82) is 5.26 Å². The Kier molecular flexibility index (Phi) is 3.26. The van der Waals surface area contributed by atoms with E-state index in [-0.39, 0.29) is 19.3 Å². The Balaban J connectivity index is 1.49. The highest BCUT2D eigenvalue weighted by Gasteiger charge is 2.57. The zero-order chi connectivity index (χ0) is 19.6. The fraction of sp³-hybridized carbons (Fsp3) is 0.182. The second kappa shape index (κ2) is 5.75. The fourth-order valence-corrected chi connectivity index (χ4v) is 5.19. The summed E-state index contributed by atoms with van der Waals surface area (Å²) in [6.07, 6.45) is 0. The van der Waals surface area contributed by atoms with Gasteiger partial charge in [-0.1, -0.05) is 18.2 Å². The standard InChI is InChI=1S/C22H14N2O4S/c23-9-13-5-6-14(29-13)10-24-17-4-2-1-3-15(17)22(21(24)25)11-26-18-8-20-19(7-16(18)22)27-12-28-20/h1-8H,10-12H2. The van der Waals surface area contributed by atoms with Gasteiger partial charge in [-0.2, -0.15) is 5.26 Å². The molecule has 0 N–H and O–H groups in total. The maximum atomic E-state index is 13.8. The maximum Gasteiger partial charge on any atom is 0.246 e. The van der Waals surface area contributed by atoms with Crippen molar-refractivity contribution in [3.8, 4) is 23.3 Å². The van der Waals surface area contributed by atoms with E-state index in [0.717, 1.165) is 21.7 Å². The van der Waals surface area contributed by atoms with Gasteiger partial charge >= 0.3 is 0 Å². The second-order valence-corrected chi connectivity index (χ2v) is 8.35. The van der Waals surface area contributed by atoms with Gasteiger partial charge in [0.1, 0.15) is 28.7 Å². The zero-order valence-electron chi connectivity index (χ0n) is 15.2. The molecular formula is C22H14N2O4S. The highest BCUT2D eigenvalue weighted by atomic mass is 32.1. The van der Waals surface area contributed by atoms with Crippen molar-refractivity contribution in [1.82, 2.24) is 0 Å². The van der Waals surface area contributed by atoms with E-state index in [2.05, 4.69) is 6.07 Å². The first-order chi connectivity index (χ1) is 14.2. The van der Waals surface area contributed by atoms with E-state index in [1.165, 1.54) is 11.3 Å². The van der Waals surface area contributed by atoms with Crippen molar-refractivity contribution in [3.63, 3.8) is 0 Å². The van der Waals surface area contributed by atoms with Crippen LogP contribution in [0.1, 0.15) is 20.9 Å². The van der Waals surface area contributed by atoms with Crippen LogP contribution in [0.25, 0.3) is 0 Å².